The maximum absolute atomic E-state index is 12.9. The summed E-state index contributed by atoms with van der Waals surface area (Å²) in [6, 6.07) is -1.52. The second kappa shape index (κ2) is 5.58. The Morgan fingerprint density at radius 1 is 1.26 bits per heavy atom. The van der Waals surface area contributed by atoms with E-state index in [1.807, 2.05) is 0 Å². The number of amides is 1. The average Bonchev–Trinajstić information content (AvgIpc) is 2.35. The summed E-state index contributed by atoms with van der Waals surface area (Å²) in [6.45, 7) is -1.21. The molecule has 10 heteroatoms. The fourth-order valence-corrected chi connectivity index (χ4v) is 1.68. The number of carbonyl (C=O) groups excluding carboxylic acids is 2. The third kappa shape index (κ3) is 3.14. The molecule has 110 valence electrons. The van der Waals surface area contributed by atoms with E-state index in [9.17, 15) is 31.5 Å². The van der Waals surface area contributed by atoms with Crippen LogP contribution in [-0.4, -0.2) is 60.4 Å². The van der Waals surface area contributed by atoms with Gasteiger partial charge in [0.1, 0.15) is 6.04 Å². The third-order valence-electron chi connectivity index (χ3n) is 2.52. The van der Waals surface area contributed by atoms with Gasteiger partial charge in [-0.25, -0.2) is 0 Å². The van der Waals surface area contributed by atoms with Gasteiger partial charge in [0, 0.05) is 6.54 Å². The molecule has 19 heavy (non-hydrogen) atoms. The number of carbonyl (C=O) groups is 2. The molecule has 1 aliphatic rings. The van der Waals surface area contributed by atoms with Crippen LogP contribution < -0.4 is 0 Å². The summed E-state index contributed by atoms with van der Waals surface area (Å²) in [7, 11) is 0. The molecule has 0 aromatic rings. The van der Waals surface area contributed by atoms with Crippen LogP contribution in [-0.2, 0) is 14.3 Å². The van der Waals surface area contributed by atoms with Crippen LogP contribution in [0, 0.1) is 0 Å². The first-order valence-electron chi connectivity index (χ1n) is 5.05. The lowest BCUT2D eigenvalue weighted by Gasteiger charge is -2.36. The molecule has 1 amide bonds. The fraction of sp³-hybridized carbons (Fsp3) is 0.778. The van der Waals surface area contributed by atoms with Gasteiger partial charge in [0.25, 0.3) is 0 Å². The van der Waals surface area contributed by atoms with Crippen molar-refractivity contribution < 1.29 is 36.3 Å². The number of alkyl halides is 6. The summed E-state index contributed by atoms with van der Waals surface area (Å²) in [6.07, 6.45) is -6.02. The van der Waals surface area contributed by atoms with Crippen molar-refractivity contribution in [3.05, 3.63) is 0 Å². The van der Waals surface area contributed by atoms with Crippen LogP contribution in [0.2, 0.25) is 0 Å². The van der Waals surface area contributed by atoms with Gasteiger partial charge in [-0.05, 0) is 0 Å². The van der Waals surface area contributed by atoms with Crippen molar-refractivity contribution in [3.63, 3.8) is 0 Å². The van der Waals surface area contributed by atoms with Gasteiger partial charge in [0.2, 0.25) is 0 Å². The summed E-state index contributed by atoms with van der Waals surface area (Å²) in [4.78, 5) is 22.8. The predicted octanol–water partition coefficient (Wildman–Crippen LogP) is 1.22. The molecule has 0 N–H and O–H groups in total. The topological polar surface area (TPSA) is 46.6 Å². The van der Waals surface area contributed by atoms with Crippen molar-refractivity contribution >= 4 is 23.3 Å². The van der Waals surface area contributed by atoms with Crippen LogP contribution in [0.4, 0.5) is 22.0 Å². The Labute approximate surface area is 109 Å². The maximum atomic E-state index is 12.9. The first-order chi connectivity index (χ1) is 8.63. The lowest BCUT2D eigenvalue weighted by Crippen LogP contribution is -2.60. The SMILES string of the molecule is O=C(CCl)C1COCCN1C(=O)C(F)(F)C(F)(F)F. The number of nitrogens with zero attached hydrogens (tertiary/aromatic N) is 1. The maximum Gasteiger partial charge on any atom is 0.463 e. The molecule has 1 unspecified atom stereocenters. The quantitative estimate of drug-likeness (QED) is 0.582. The van der Waals surface area contributed by atoms with Gasteiger partial charge >= 0.3 is 18.0 Å². The Morgan fingerprint density at radius 2 is 1.84 bits per heavy atom. The molecule has 0 spiro atoms. The third-order valence-corrected chi connectivity index (χ3v) is 2.78. The molecular weight excluding hydrogens is 301 g/mol. The summed E-state index contributed by atoms with van der Waals surface area (Å²) in [5.74, 6) is -9.48. The monoisotopic (exact) mass is 309 g/mol. The summed E-state index contributed by atoms with van der Waals surface area (Å²) in [5, 5.41) is 0. The van der Waals surface area contributed by atoms with Crippen molar-refractivity contribution in [2.24, 2.45) is 0 Å². The molecule has 0 aromatic heterocycles. The highest BCUT2D eigenvalue weighted by atomic mass is 35.5. The highest BCUT2D eigenvalue weighted by Gasteiger charge is 2.65. The first kappa shape index (κ1) is 16.1. The number of Topliss-reactive ketones (excluding diaryl/α,β-unsaturated/α-hetero) is 1. The van der Waals surface area contributed by atoms with Gasteiger partial charge in [-0.2, -0.15) is 22.0 Å². The molecule has 1 atom stereocenters. The summed E-state index contributed by atoms with van der Waals surface area (Å²) >= 11 is 5.21. The van der Waals surface area contributed by atoms with Crippen LogP contribution in [0.5, 0.6) is 0 Å². The minimum absolute atomic E-state index is 0.168. The molecular formula is C9H9ClF5NO3. The predicted molar refractivity (Wildman–Crippen MR) is 53.0 cm³/mol. The Bertz CT molecular complexity index is 373. The van der Waals surface area contributed by atoms with Crippen molar-refractivity contribution in [3.8, 4) is 0 Å². The normalized spacial score (nSPS) is 21.4. The van der Waals surface area contributed by atoms with Crippen molar-refractivity contribution in [1.82, 2.24) is 4.90 Å². The minimum atomic E-state index is -6.02. The van der Waals surface area contributed by atoms with E-state index in [1.54, 1.807) is 0 Å². The average molecular weight is 310 g/mol. The zero-order valence-corrected chi connectivity index (χ0v) is 10.1. The standard InChI is InChI=1S/C9H9ClF5NO3/c10-3-6(17)5-4-19-2-1-16(5)7(18)8(11,12)9(13,14)15/h5H,1-4H2. The molecule has 0 radical (unpaired) electrons. The number of ketones is 1. The van der Waals surface area contributed by atoms with Crippen LogP contribution in [0.3, 0.4) is 0 Å². The minimum Gasteiger partial charge on any atom is -0.377 e. The van der Waals surface area contributed by atoms with E-state index in [2.05, 4.69) is 0 Å². The number of halogens is 6. The number of morpholine rings is 1. The zero-order valence-electron chi connectivity index (χ0n) is 9.35. The molecule has 1 aliphatic heterocycles. The van der Waals surface area contributed by atoms with Crippen LogP contribution in [0.15, 0.2) is 0 Å². The molecule has 0 aliphatic carbocycles. The molecule has 1 saturated heterocycles. The Kier molecular flexibility index (Phi) is 4.72. The number of rotatable bonds is 3. The van der Waals surface area contributed by atoms with E-state index in [0.717, 1.165) is 0 Å². The zero-order chi connectivity index (χ0) is 14.8. The van der Waals surface area contributed by atoms with E-state index in [1.165, 1.54) is 0 Å². The number of hydrogen-bond acceptors (Lipinski definition) is 3. The fourth-order valence-electron chi connectivity index (χ4n) is 1.50. The molecule has 4 nitrogen and oxygen atoms in total. The highest BCUT2D eigenvalue weighted by Crippen LogP contribution is 2.37. The van der Waals surface area contributed by atoms with Crippen molar-refractivity contribution in [2.45, 2.75) is 18.1 Å². The van der Waals surface area contributed by atoms with Crippen LogP contribution in [0.1, 0.15) is 0 Å². The smallest absolute Gasteiger partial charge is 0.377 e. The van der Waals surface area contributed by atoms with Gasteiger partial charge < -0.3 is 9.64 Å². The van der Waals surface area contributed by atoms with Crippen molar-refractivity contribution in [2.75, 3.05) is 25.6 Å². The Hall–Kier alpha value is -0.960. The van der Waals surface area contributed by atoms with E-state index in [-0.39, 0.29) is 11.5 Å². The second-order valence-electron chi connectivity index (χ2n) is 3.76. The van der Waals surface area contributed by atoms with E-state index < -0.39 is 48.9 Å². The van der Waals surface area contributed by atoms with Gasteiger partial charge in [-0.3, -0.25) is 9.59 Å². The van der Waals surface area contributed by atoms with Gasteiger partial charge in [-0.15, -0.1) is 11.6 Å². The van der Waals surface area contributed by atoms with Gasteiger partial charge in [-0.1, -0.05) is 0 Å². The lowest BCUT2D eigenvalue weighted by atomic mass is 10.1. The number of ether oxygens (including phenoxy) is 1. The largest absolute Gasteiger partial charge is 0.463 e. The summed E-state index contributed by atoms with van der Waals surface area (Å²) < 4.78 is 67.0. The van der Waals surface area contributed by atoms with Crippen LogP contribution >= 0.6 is 11.6 Å². The highest BCUT2D eigenvalue weighted by molar-refractivity contribution is 6.28. The Morgan fingerprint density at radius 3 is 2.32 bits per heavy atom. The van der Waals surface area contributed by atoms with Gasteiger partial charge in [0.05, 0.1) is 19.1 Å². The van der Waals surface area contributed by atoms with Gasteiger partial charge in [0.15, 0.2) is 5.78 Å². The second-order valence-corrected chi connectivity index (χ2v) is 4.03. The molecule has 1 heterocycles. The molecule has 1 rings (SSSR count). The van der Waals surface area contributed by atoms with Crippen LogP contribution in [0.25, 0.3) is 0 Å². The number of hydrogen-bond donors (Lipinski definition) is 0. The van der Waals surface area contributed by atoms with Crippen molar-refractivity contribution in [1.29, 1.82) is 0 Å². The molecule has 0 bridgehead atoms. The Balaban J connectivity index is 2.98. The lowest BCUT2D eigenvalue weighted by molar-refractivity contribution is -0.276. The van der Waals surface area contributed by atoms with E-state index in [4.69, 9.17) is 16.3 Å². The molecule has 0 saturated carbocycles. The molecule has 1 fully saturated rings. The van der Waals surface area contributed by atoms with E-state index >= 15 is 0 Å². The molecule has 0 aromatic carbocycles. The van der Waals surface area contributed by atoms with E-state index in [0.29, 0.717) is 0 Å². The first-order valence-corrected chi connectivity index (χ1v) is 5.58. The summed E-state index contributed by atoms with van der Waals surface area (Å²) in [5.41, 5.74) is 0.